The zero-order valence-electron chi connectivity index (χ0n) is 7.94. The van der Waals surface area contributed by atoms with Crippen LogP contribution in [0.25, 0.3) is 0 Å². The standard InChI is InChI=1S/C9H14N4O/c10-12-9(8-5-6-14-13-8)11-7-3-1-2-4-7/h5-7H,1-4,10H2,(H,11,12). The fraction of sp³-hybridized carbons (Fsp3) is 0.556. The van der Waals surface area contributed by atoms with Crippen LogP contribution in [0.15, 0.2) is 21.8 Å². The highest BCUT2D eigenvalue weighted by Crippen LogP contribution is 2.21. The van der Waals surface area contributed by atoms with Crippen molar-refractivity contribution < 1.29 is 4.52 Å². The summed E-state index contributed by atoms with van der Waals surface area (Å²) in [6.45, 7) is 0. The normalized spacial score (nSPS) is 18.8. The van der Waals surface area contributed by atoms with Crippen LogP contribution in [0.2, 0.25) is 0 Å². The number of nitrogens with one attached hydrogen (secondary N) is 1. The lowest BCUT2D eigenvalue weighted by Crippen LogP contribution is -2.32. The number of amidine groups is 1. The molecule has 1 aromatic rings. The van der Waals surface area contributed by atoms with Crippen LogP contribution in [0, 0.1) is 0 Å². The summed E-state index contributed by atoms with van der Waals surface area (Å²) >= 11 is 0. The number of rotatable bonds is 2. The average Bonchev–Trinajstić information content (AvgIpc) is 2.86. The van der Waals surface area contributed by atoms with E-state index in [0.29, 0.717) is 17.6 Å². The van der Waals surface area contributed by atoms with E-state index in [9.17, 15) is 0 Å². The fourth-order valence-electron chi connectivity index (χ4n) is 1.73. The molecule has 1 heterocycles. The van der Waals surface area contributed by atoms with Crippen molar-refractivity contribution in [3.63, 3.8) is 0 Å². The molecule has 0 spiro atoms. The Bertz CT molecular complexity index is 301. The molecule has 0 atom stereocenters. The molecule has 1 saturated carbocycles. The minimum Gasteiger partial charge on any atom is -0.364 e. The zero-order chi connectivity index (χ0) is 9.80. The van der Waals surface area contributed by atoms with Gasteiger partial charge in [-0.05, 0) is 12.8 Å². The third-order valence-electron chi connectivity index (χ3n) is 2.45. The first-order valence-corrected chi connectivity index (χ1v) is 4.85. The van der Waals surface area contributed by atoms with Gasteiger partial charge >= 0.3 is 0 Å². The Hall–Kier alpha value is -1.36. The van der Waals surface area contributed by atoms with E-state index in [1.165, 1.54) is 19.1 Å². The van der Waals surface area contributed by atoms with E-state index < -0.39 is 0 Å². The Morgan fingerprint density at radius 1 is 1.57 bits per heavy atom. The molecule has 0 aliphatic heterocycles. The summed E-state index contributed by atoms with van der Waals surface area (Å²) in [5.74, 6) is 6.00. The maximum atomic E-state index is 5.38. The van der Waals surface area contributed by atoms with Gasteiger partial charge in [0.25, 0.3) is 0 Å². The molecular formula is C9H14N4O. The van der Waals surface area contributed by atoms with Crippen LogP contribution in [-0.4, -0.2) is 17.0 Å². The van der Waals surface area contributed by atoms with Crippen molar-refractivity contribution in [3.05, 3.63) is 18.0 Å². The molecule has 1 fully saturated rings. The summed E-state index contributed by atoms with van der Waals surface area (Å²) in [6, 6.07) is 2.13. The van der Waals surface area contributed by atoms with Crippen molar-refractivity contribution in [1.29, 1.82) is 0 Å². The van der Waals surface area contributed by atoms with Crippen molar-refractivity contribution in [1.82, 2.24) is 10.6 Å². The Morgan fingerprint density at radius 3 is 2.93 bits per heavy atom. The molecule has 1 aliphatic carbocycles. The second kappa shape index (κ2) is 4.23. The first-order valence-electron chi connectivity index (χ1n) is 4.85. The molecule has 76 valence electrons. The summed E-state index contributed by atoms with van der Waals surface area (Å²) in [7, 11) is 0. The van der Waals surface area contributed by atoms with Crippen molar-refractivity contribution in [3.8, 4) is 0 Å². The quantitative estimate of drug-likeness (QED) is 0.316. The smallest absolute Gasteiger partial charge is 0.165 e. The summed E-state index contributed by atoms with van der Waals surface area (Å²) in [4.78, 5) is 4.49. The van der Waals surface area contributed by atoms with Gasteiger partial charge < -0.3 is 9.95 Å². The van der Waals surface area contributed by atoms with E-state index >= 15 is 0 Å². The number of nitrogens with zero attached hydrogens (tertiary/aromatic N) is 2. The van der Waals surface area contributed by atoms with Gasteiger partial charge in [0.2, 0.25) is 0 Å². The average molecular weight is 194 g/mol. The summed E-state index contributed by atoms with van der Waals surface area (Å²) < 4.78 is 4.74. The summed E-state index contributed by atoms with van der Waals surface area (Å²) in [6.07, 6.45) is 6.30. The molecule has 0 radical (unpaired) electrons. The lowest BCUT2D eigenvalue weighted by molar-refractivity contribution is 0.418. The van der Waals surface area contributed by atoms with Gasteiger partial charge in [-0.2, -0.15) is 0 Å². The molecule has 0 bridgehead atoms. The molecule has 0 aromatic carbocycles. The molecule has 0 unspecified atom stereocenters. The molecule has 2 rings (SSSR count). The van der Waals surface area contributed by atoms with E-state index in [2.05, 4.69) is 15.6 Å². The Kier molecular flexibility index (Phi) is 2.78. The molecule has 5 heteroatoms. The van der Waals surface area contributed by atoms with Gasteiger partial charge in [0.1, 0.15) is 12.0 Å². The third kappa shape index (κ3) is 1.93. The van der Waals surface area contributed by atoms with E-state index in [-0.39, 0.29) is 0 Å². The number of aromatic nitrogens is 1. The Balaban J connectivity index is 2.12. The second-order valence-electron chi connectivity index (χ2n) is 3.45. The highest BCUT2D eigenvalue weighted by atomic mass is 16.5. The molecule has 14 heavy (non-hydrogen) atoms. The van der Waals surface area contributed by atoms with Crippen LogP contribution in [0.5, 0.6) is 0 Å². The van der Waals surface area contributed by atoms with Gasteiger partial charge in [0, 0.05) is 6.07 Å². The molecule has 5 nitrogen and oxygen atoms in total. The monoisotopic (exact) mass is 194 g/mol. The van der Waals surface area contributed by atoms with Crippen LogP contribution >= 0.6 is 0 Å². The van der Waals surface area contributed by atoms with Gasteiger partial charge in [-0.3, -0.25) is 4.99 Å². The highest BCUT2D eigenvalue weighted by molar-refractivity contribution is 5.96. The summed E-state index contributed by atoms with van der Waals surface area (Å²) in [5.41, 5.74) is 3.22. The van der Waals surface area contributed by atoms with Crippen LogP contribution in [0.4, 0.5) is 0 Å². The van der Waals surface area contributed by atoms with E-state index in [0.717, 1.165) is 12.8 Å². The van der Waals surface area contributed by atoms with Crippen LogP contribution in [-0.2, 0) is 0 Å². The topological polar surface area (TPSA) is 76.4 Å². The Labute approximate surface area is 82.3 Å². The maximum Gasteiger partial charge on any atom is 0.165 e. The lowest BCUT2D eigenvalue weighted by Gasteiger charge is -2.06. The number of hydrogen-bond donors (Lipinski definition) is 2. The minimum absolute atomic E-state index is 0.387. The highest BCUT2D eigenvalue weighted by Gasteiger charge is 2.15. The van der Waals surface area contributed by atoms with E-state index in [1.54, 1.807) is 6.07 Å². The van der Waals surface area contributed by atoms with Gasteiger partial charge in [0.15, 0.2) is 5.84 Å². The molecule has 3 N–H and O–H groups in total. The number of hydrogen-bond acceptors (Lipinski definition) is 4. The first kappa shape index (κ1) is 9.21. The minimum atomic E-state index is 0.387. The van der Waals surface area contributed by atoms with Gasteiger partial charge in [-0.15, -0.1) is 0 Å². The predicted molar refractivity (Wildman–Crippen MR) is 52.6 cm³/mol. The first-order chi connectivity index (χ1) is 6.90. The third-order valence-corrected chi connectivity index (χ3v) is 2.45. The number of aliphatic imine (C=N–C) groups is 1. The predicted octanol–water partition coefficient (Wildman–Crippen LogP) is 0.827. The van der Waals surface area contributed by atoms with Gasteiger partial charge in [0.05, 0.1) is 6.04 Å². The molecular weight excluding hydrogens is 180 g/mol. The van der Waals surface area contributed by atoms with Crippen LogP contribution in [0.1, 0.15) is 31.4 Å². The second-order valence-corrected chi connectivity index (χ2v) is 3.45. The number of nitrogens with two attached hydrogens (primary N) is 1. The SMILES string of the molecule is NNC(=NC1CCCC1)c1ccon1. The van der Waals surface area contributed by atoms with Crippen molar-refractivity contribution in [2.24, 2.45) is 10.8 Å². The summed E-state index contributed by atoms with van der Waals surface area (Å²) in [5, 5.41) is 3.78. The zero-order valence-corrected chi connectivity index (χ0v) is 7.94. The van der Waals surface area contributed by atoms with Crippen molar-refractivity contribution in [2.45, 2.75) is 31.7 Å². The van der Waals surface area contributed by atoms with E-state index in [1.807, 2.05) is 0 Å². The van der Waals surface area contributed by atoms with Crippen molar-refractivity contribution in [2.75, 3.05) is 0 Å². The Morgan fingerprint density at radius 2 is 2.36 bits per heavy atom. The number of hydrazine groups is 1. The largest absolute Gasteiger partial charge is 0.364 e. The molecule has 0 amide bonds. The fourth-order valence-corrected chi connectivity index (χ4v) is 1.73. The molecule has 1 aliphatic rings. The lowest BCUT2D eigenvalue weighted by atomic mass is 10.2. The maximum absolute atomic E-state index is 5.38. The van der Waals surface area contributed by atoms with Gasteiger partial charge in [-0.1, -0.05) is 18.0 Å². The molecule has 0 saturated heterocycles. The van der Waals surface area contributed by atoms with Crippen LogP contribution < -0.4 is 11.3 Å². The van der Waals surface area contributed by atoms with Gasteiger partial charge in [-0.25, -0.2) is 5.84 Å². The van der Waals surface area contributed by atoms with Crippen molar-refractivity contribution >= 4 is 5.84 Å². The molecule has 1 aromatic heterocycles. The van der Waals surface area contributed by atoms with Crippen LogP contribution in [0.3, 0.4) is 0 Å². The van der Waals surface area contributed by atoms with E-state index in [4.69, 9.17) is 10.4 Å².